The Balaban J connectivity index is 1.76. The van der Waals surface area contributed by atoms with Crippen molar-refractivity contribution in [1.29, 1.82) is 0 Å². The smallest absolute Gasteiger partial charge is 0.250 e. The lowest BCUT2D eigenvalue weighted by atomic mass is 10.2. The quantitative estimate of drug-likeness (QED) is 0.857. The van der Waals surface area contributed by atoms with E-state index in [4.69, 9.17) is 0 Å². The molecule has 3 heterocycles. The van der Waals surface area contributed by atoms with Gasteiger partial charge in [0, 0.05) is 17.5 Å². The van der Waals surface area contributed by atoms with E-state index in [1.807, 2.05) is 31.2 Å². The molecule has 1 fully saturated rings. The molecule has 8 heteroatoms. The van der Waals surface area contributed by atoms with Gasteiger partial charge in [-0.3, -0.25) is 19.3 Å². The van der Waals surface area contributed by atoms with Crippen molar-refractivity contribution >= 4 is 35.2 Å². The Hall–Kier alpha value is -2.35. The normalized spacial score (nSPS) is 18.2. The SMILES string of the molecule is CC/C=C(\C)C(=O)N1CSC[C@H]1C(=O)Nc1nnc2ccccn12. The Morgan fingerprint density at radius 2 is 2.25 bits per heavy atom. The van der Waals surface area contributed by atoms with Gasteiger partial charge in [0.25, 0.3) is 5.91 Å². The fraction of sp³-hybridized carbons (Fsp3) is 0.375. The average molecular weight is 345 g/mol. The van der Waals surface area contributed by atoms with Crippen LogP contribution >= 0.6 is 11.8 Å². The molecule has 2 aromatic heterocycles. The molecule has 24 heavy (non-hydrogen) atoms. The van der Waals surface area contributed by atoms with E-state index in [9.17, 15) is 9.59 Å². The highest BCUT2D eigenvalue weighted by molar-refractivity contribution is 7.99. The van der Waals surface area contributed by atoms with E-state index in [-0.39, 0.29) is 11.8 Å². The summed E-state index contributed by atoms with van der Waals surface area (Å²) in [7, 11) is 0. The molecule has 2 aromatic rings. The Kier molecular flexibility index (Phi) is 4.84. The number of hydrogen-bond donors (Lipinski definition) is 1. The number of anilines is 1. The molecule has 0 radical (unpaired) electrons. The number of carbonyl (C=O) groups excluding carboxylic acids is 2. The first kappa shape index (κ1) is 16.5. The fourth-order valence-electron chi connectivity index (χ4n) is 2.60. The summed E-state index contributed by atoms with van der Waals surface area (Å²) < 4.78 is 1.70. The summed E-state index contributed by atoms with van der Waals surface area (Å²) in [4.78, 5) is 26.7. The predicted molar refractivity (Wildman–Crippen MR) is 93.6 cm³/mol. The fourth-order valence-corrected chi connectivity index (χ4v) is 3.75. The number of pyridine rings is 1. The third-order valence-electron chi connectivity index (χ3n) is 3.84. The number of amides is 2. The Labute approximate surface area is 144 Å². The van der Waals surface area contributed by atoms with Crippen LogP contribution in [0.5, 0.6) is 0 Å². The summed E-state index contributed by atoms with van der Waals surface area (Å²) in [5.41, 5.74) is 1.33. The van der Waals surface area contributed by atoms with Crippen molar-refractivity contribution in [2.75, 3.05) is 16.9 Å². The van der Waals surface area contributed by atoms with Gasteiger partial charge in [-0.1, -0.05) is 19.1 Å². The monoisotopic (exact) mass is 345 g/mol. The van der Waals surface area contributed by atoms with Crippen LogP contribution in [0.4, 0.5) is 5.95 Å². The summed E-state index contributed by atoms with van der Waals surface area (Å²) >= 11 is 1.57. The van der Waals surface area contributed by atoms with Gasteiger partial charge in [-0.25, -0.2) is 0 Å². The summed E-state index contributed by atoms with van der Waals surface area (Å²) in [6.07, 6.45) is 4.46. The maximum atomic E-state index is 12.6. The summed E-state index contributed by atoms with van der Waals surface area (Å²) in [6.45, 7) is 3.77. The van der Waals surface area contributed by atoms with Gasteiger partial charge in [-0.05, 0) is 25.5 Å². The zero-order chi connectivity index (χ0) is 17.1. The van der Waals surface area contributed by atoms with Gasteiger partial charge >= 0.3 is 0 Å². The van der Waals surface area contributed by atoms with Crippen LogP contribution in [0, 0.1) is 0 Å². The van der Waals surface area contributed by atoms with Gasteiger partial charge < -0.3 is 4.90 Å². The highest BCUT2D eigenvalue weighted by Crippen LogP contribution is 2.24. The minimum atomic E-state index is -0.501. The molecule has 0 spiro atoms. The second-order valence-electron chi connectivity index (χ2n) is 5.53. The van der Waals surface area contributed by atoms with Crippen LogP contribution in [0.15, 0.2) is 36.0 Å². The van der Waals surface area contributed by atoms with Crippen molar-refractivity contribution in [2.24, 2.45) is 0 Å². The molecular weight excluding hydrogens is 326 g/mol. The minimum Gasteiger partial charge on any atom is -0.317 e. The Bertz CT molecular complexity index is 801. The second kappa shape index (κ2) is 7.04. The number of allylic oxidation sites excluding steroid dienone is 1. The predicted octanol–water partition coefficient (Wildman–Crippen LogP) is 1.93. The number of nitrogens with zero attached hydrogens (tertiary/aromatic N) is 4. The maximum Gasteiger partial charge on any atom is 0.250 e. The van der Waals surface area contributed by atoms with Crippen LogP contribution in [0.25, 0.3) is 5.65 Å². The van der Waals surface area contributed by atoms with E-state index < -0.39 is 6.04 Å². The van der Waals surface area contributed by atoms with E-state index in [1.54, 1.807) is 34.2 Å². The zero-order valence-corrected chi connectivity index (χ0v) is 14.4. The first-order valence-electron chi connectivity index (χ1n) is 7.78. The van der Waals surface area contributed by atoms with Gasteiger partial charge in [0.05, 0.1) is 5.88 Å². The third kappa shape index (κ3) is 3.14. The number of carbonyl (C=O) groups is 2. The molecule has 3 rings (SSSR count). The van der Waals surface area contributed by atoms with Crippen LogP contribution in [0.3, 0.4) is 0 Å². The third-order valence-corrected chi connectivity index (χ3v) is 4.85. The molecule has 0 aliphatic carbocycles. The van der Waals surface area contributed by atoms with Gasteiger partial charge in [-0.15, -0.1) is 22.0 Å². The summed E-state index contributed by atoms with van der Waals surface area (Å²) in [6, 6.07) is 5.00. The highest BCUT2D eigenvalue weighted by atomic mass is 32.2. The topological polar surface area (TPSA) is 79.6 Å². The molecule has 0 bridgehead atoms. The van der Waals surface area contributed by atoms with Crippen LogP contribution in [-0.2, 0) is 9.59 Å². The lowest BCUT2D eigenvalue weighted by molar-refractivity contribution is -0.133. The highest BCUT2D eigenvalue weighted by Gasteiger charge is 2.35. The maximum absolute atomic E-state index is 12.6. The minimum absolute atomic E-state index is 0.0897. The number of rotatable bonds is 4. The van der Waals surface area contributed by atoms with Crippen molar-refractivity contribution in [3.63, 3.8) is 0 Å². The first-order valence-corrected chi connectivity index (χ1v) is 8.93. The standard InChI is InChI=1S/C16H19N5O2S/c1-3-6-11(2)15(23)21-10-24-9-12(21)14(22)17-16-19-18-13-7-4-5-8-20(13)16/h4-8,12H,3,9-10H2,1-2H3,(H,17,19,22)/b11-6+/t12-/m0/s1. The van der Waals surface area contributed by atoms with Crippen LogP contribution < -0.4 is 5.32 Å². The molecule has 1 saturated heterocycles. The first-order chi connectivity index (χ1) is 11.6. The lowest BCUT2D eigenvalue weighted by Gasteiger charge is -2.23. The summed E-state index contributed by atoms with van der Waals surface area (Å²) in [5, 5.41) is 10.8. The van der Waals surface area contributed by atoms with Crippen LogP contribution in [-0.4, -0.2) is 49.0 Å². The number of nitrogens with one attached hydrogen (secondary N) is 1. The van der Waals surface area contributed by atoms with Gasteiger partial charge in [0.2, 0.25) is 11.9 Å². The second-order valence-corrected chi connectivity index (χ2v) is 6.53. The van der Waals surface area contributed by atoms with Crippen molar-refractivity contribution in [1.82, 2.24) is 19.5 Å². The zero-order valence-electron chi connectivity index (χ0n) is 13.6. The molecule has 2 amide bonds. The van der Waals surface area contributed by atoms with Gasteiger partial charge in [-0.2, -0.15) is 0 Å². The van der Waals surface area contributed by atoms with E-state index in [2.05, 4.69) is 15.5 Å². The number of thioether (sulfide) groups is 1. The van der Waals surface area contributed by atoms with E-state index in [0.29, 0.717) is 28.8 Å². The van der Waals surface area contributed by atoms with E-state index in [0.717, 1.165) is 6.42 Å². The molecule has 0 saturated carbocycles. The van der Waals surface area contributed by atoms with Crippen molar-refractivity contribution in [3.05, 3.63) is 36.0 Å². The average Bonchev–Trinajstić information content (AvgIpc) is 3.22. The van der Waals surface area contributed by atoms with Crippen molar-refractivity contribution < 1.29 is 9.59 Å². The van der Waals surface area contributed by atoms with E-state index in [1.165, 1.54) is 0 Å². The molecule has 0 unspecified atom stereocenters. The lowest BCUT2D eigenvalue weighted by Crippen LogP contribution is -2.45. The van der Waals surface area contributed by atoms with Crippen LogP contribution in [0.2, 0.25) is 0 Å². The molecule has 1 N–H and O–H groups in total. The molecule has 7 nitrogen and oxygen atoms in total. The van der Waals surface area contributed by atoms with E-state index >= 15 is 0 Å². The molecule has 1 aliphatic rings. The number of aromatic nitrogens is 3. The van der Waals surface area contributed by atoms with Crippen LogP contribution in [0.1, 0.15) is 20.3 Å². The molecule has 126 valence electrons. The van der Waals surface area contributed by atoms with Gasteiger partial charge in [0.15, 0.2) is 5.65 Å². The largest absolute Gasteiger partial charge is 0.317 e. The molecule has 1 atom stereocenters. The molecule has 0 aromatic carbocycles. The van der Waals surface area contributed by atoms with Crippen molar-refractivity contribution in [3.8, 4) is 0 Å². The van der Waals surface area contributed by atoms with Crippen molar-refractivity contribution in [2.45, 2.75) is 26.3 Å². The molecule has 1 aliphatic heterocycles. The Morgan fingerprint density at radius 3 is 3.04 bits per heavy atom. The molecular formula is C16H19N5O2S. The number of hydrogen-bond acceptors (Lipinski definition) is 5. The number of fused-ring (bicyclic) bond motifs is 1. The Morgan fingerprint density at radius 1 is 1.42 bits per heavy atom. The summed E-state index contributed by atoms with van der Waals surface area (Å²) in [5.74, 6) is 1.13. The van der Waals surface area contributed by atoms with Gasteiger partial charge in [0.1, 0.15) is 6.04 Å².